The lowest BCUT2D eigenvalue weighted by Crippen LogP contribution is -2.52. The number of ether oxygens (including phenoxy) is 1. The Bertz CT molecular complexity index is 468. The van der Waals surface area contributed by atoms with E-state index in [1.54, 1.807) is 4.90 Å². The summed E-state index contributed by atoms with van der Waals surface area (Å²) in [6.45, 7) is 1.10. The molecule has 0 radical (unpaired) electrons. The van der Waals surface area contributed by atoms with Gasteiger partial charge in [0.15, 0.2) is 6.61 Å². The van der Waals surface area contributed by atoms with E-state index in [0.717, 1.165) is 0 Å². The molecule has 0 aromatic heterocycles. The lowest BCUT2D eigenvalue weighted by Gasteiger charge is -2.38. The van der Waals surface area contributed by atoms with Gasteiger partial charge in [-0.3, -0.25) is 14.9 Å². The van der Waals surface area contributed by atoms with Gasteiger partial charge in [-0.15, -0.1) is 0 Å². The van der Waals surface area contributed by atoms with E-state index in [1.165, 1.54) is 24.3 Å². The second-order valence-corrected chi connectivity index (χ2v) is 4.39. The standard InChI is InChI=1S/C12H14N2O5/c15-7-9-5-13(6-9)12(16)8-19-11-3-1-10(2-4-11)14(17)18/h1-4,9,15H,5-8H2. The van der Waals surface area contributed by atoms with Crippen molar-refractivity contribution >= 4 is 11.6 Å². The van der Waals surface area contributed by atoms with Crippen molar-refractivity contribution in [3.63, 3.8) is 0 Å². The van der Waals surface area contributed by atoms with Crippen LogP contribution >= 0.6 is 0 Å². The molecule has 7 nitrogen and oxygen atoms in total. The van der Waals surface area contributed by atoms with Gasteiger partial charge < -0.3 is 14.7 Å². The van der Waals surface area contributed by atoms with Crippen LogP contribution in [0.5, 0.6) is 5.75 Å². The van der Waals surface area contributed by atoms with Gasteiger partial charge in [0.05, 0.1) is 4.92 Å². The van der Waals surface area contributed by atoms with Gasteiger partial charge >= 0.3 is 0 Å². The molecule has 0 saturated carbocycles. The fourth-order valence-corrected chi connectivity index (χ4v) is 1.79. The van der Waals surface area contributed by atoms with Crippen LogP contribution < -0.4 is 4.74 Å². The second-order valence-electron chi connectivity index (χ2n) is 4.39. The highest BCUT2D eigenvalue weighted by Crippen LogP contribution is 2.18. The third kappa shape index (κ3) is 3.19. The van der Waals surface area contributed by atoms with Crippen LogP contribution in [0, 0.1) is 16.0 Å². The minimum absolute atomic E-state index is 0.0211. The van der Waals surface area contributed by atoms with Crippen LogP contribution in [0.25, 0.3) is 0 Å². The minimum atomic E-state index is -0.496. The van der Waals surface area contributed by atoms with E-state index in [-0.39, 0.29) is 30.7 Å². The Balaban J connectivity index is 1.79. The van der Waals surface area contributed by atoms with E-state index < -0.39 is 4.92 Å². The third-order valence-corrected chi connectivity index (χ3v) is 2.98. The first-order valence-electron chi connectivity index (χ1n) is 5.86. The number of hydrogen-bond donors (Lipinski definition) is 1. The molecule has 0 bridgehead atoms. The molecule has 0 spiro atoms. The van der Waals surface area contributed by atoms with Crippen LogP contribution in [0.1, 0.15) is 0 Å². The molecule has 19 heavy (non-hydrogen) atoms. The van der Waals surface area contributed by atoms with Gasteiger partial charge in [-0.1, -0.05) is 0 Å². The SMILES string of the molecule is O=C(COc1ccc([N+](=O)[O-])cc1)N1CC(CO)C1. The number of nitro benzene ring substituents is 1. The first-order valence-corrected chi connectivity index (χ1v) is 5.86. The van der Waals surface area contributed by atoms with Crippen molar-refractivity contribution in [2.75, 3.05) is 26.3 Å². The monoisotopic (exact) mass is 266 g/mol. The smallest absolute Gasteiger partial charge is 0.269 e. The number of nitrogens with zero attached hydrogens (tertiary/aromatic N) is 2. The Morgan fingerprint density at radius 2 is 2.05 bits per heavy atom. The van der Waals surface area contributed by atoms with Crippen LogP contribution in [-0.4, -0.2) is 47.1 Å². The first kappa shape index (κ1) is 13.3. The molecule has 1 saturated heterocycles. The quantitative estimate of drug-likeness (QED) is 0.616. The highest BCUT2D eigenvalue weighted by molar-refractivity contribution is 5.78. The topological polar surface area (TPSA) is 92.9 Å². The summed E-state index contributed by atoms with van der Waals surface area (Å²) in [6, 6.07) is 5.56. The fraction of sp³-hybridized carbons (Fsp3) is 0.417. The van der Waals surface area contributed by atoms with E-state index in [4.69, 9.17) is 9.84 Å². The van der Waals surface area contributed by atoms with Gasteiger partial charge in [0.25, 0.3) is 11.6 Å². The summed E-state index contributed by atoms with van der Waals surface area (Å²) >= 11 is 0. The predicted molar refractivity (Wildman–Crippen MR) is 65.7 cm³/mol. The molecule has 7 heteroatoms. The molecule has 0 aliphatic carbocycles. The number of amides is 1. The van der Waals surface area contributed by atoms with Gasteiger partial charge in [0.2, 0.25) is 0 Å². The van der Waals surface area contributed by atoms with E-state index >= 15 is 0 Å². The maximum Gasteiger partial charge on any atom is 0.269 e. The Morgan fingerprint density at radius 3 is 2.58 bits per heavy atom. The molecule has 1 aromatic carbocycles. The van der Waals surface area contributed by atoms with Crippen molar-refractivity contribution in [1.82, 2.24) is 4.90 Å². The average Bonchev–Trinajstić information content (AvgIpc) is 2.35. The van der Waals surface area contributed by atoms with Crippen molar-refractivity contribution in [2.45, 2.75) is 0 Å². The molecule has 102 valence electrons. The average molecular weight is 266 g/mol. The van der Waals surface area contributed by atoms with E-state index in [0.29, 0.717) is 18.8 Å². The summed E-state index contributed by atoms with van der Waals surface area (Å²) in [6.07, 6.45) is 0. The Labute approximate surface area is 109 Å². The highest BCUT2D eigenvalue weighted by Gasteiger charge is 2.29. The maximum atomic E-state index is 11.6. The van der Waals surface area contributed by atoms with Gasteiger partial charge in [-0.25, -0.2) is 0 Å². The zero-order chi connectivity index (χ0) is 13.8. The molecule has 0 unspecified atom stereocenters. The normalized spacial score (nSPS) is 14.9. The Hall–Kier alpha value is -2.15. The molecule has 2 rings (SSSR count). The minimum Gasteiger partial charge on any atom is -0.484 e. The summed E-state index contributed by atoms with van der Waals surface area (Å²) in [4.78, 5) is 23.2. The Kier molecular flexibility index (Phi) is 3.96. The lowest BCUT2D eigenvalue weighted by molar-refractivity contribution is -0.384. The molecular weight excluding hydrogens is 252 g/mol. The fourth-order valence-electron chi connectivity index (χ4n) is 1.79. The molecule has 1 fully saturated rings. The zero-order valence-electron chi connectivity index (χ0n) is 10.2. The molecular formula is C12H14N2O5. The molecule has 1 aromatic rings. The molecule has 1 amide bonds. The summed E-state index contributed by atoms with van der Waals surface area (Å²) in [5, 5.41) is 19.3. The van der Waals surface area contributed by atoms with Crippen molar-refractivity contribution < 1.29 is 19.6 Å². The second kappa shape index (κ2) is 5.66. The molecule has 1 heterocycles. The first-order chi connectivity index (χ1) is 9.10. The van der Waals surface area contributed by atoms with Gasteiger partial charge in [-0.05, 0) is 12.1 Å². The number of likely N-dealkylation sites (tertiary alicyclic amines) is 1. The van der Waals surface area contributed by atoms with Crippen LogP contribution in [0.2, 0.25) is 0 Å². The van der Waals surface area contributed by atoms with Crippen molar-refractivity contribution in [3.8, 4) is 5.75 Å². The predicted octanol–water partition coefficient (Wildman–Crippen LogP) is 0.424. The number of aliphatic hydroxyl groups excluding tert-OH is 1. The number of non-ortho nitro benzene ring substituents is 1. The van der Waals surface area contributed by atoms with Crippen molar-refractivity contribution in [1.29, 1.82) is 0 Å². The van der Waals surface area contributed by atoms with E-state index in [1.807, 2.05) is 0 Å². The number of benzene rings is 1. The summed E-state index contributed by atoms with van der Waals surface area (Å²) in [5.74, 6) is 0.435. The molecule has 0 atom stereocenters. The highest BCUT2D eigenvalue weighted by atomic mass is 16.6. The zero-order valence-corrected chi connectivity index (χ0v) is 10.2. The lowest BCUT2D eigenvalue weighted by atomic mass is 10.0. The summed E-state index contributed by atoms with van der Waals surface area (Å²) in [7, 11) is 0. The largest absolute Gasteiger partial charge is 0.484 e. The van der Waals surface area contributed by atoms with E-state index in [9.17, 15) is 14.9 Å². The number of aliphatic hydroxyl groups is 1. The molecule has 1 aliphatic rings. The van der Waals surface area contributed by atoms with Crippen LogP contribution in [0.15, 0.2) is 24.3 Å². The molecule has 1 aliphatic heterocycles. The molecule has 1 N–H and O–H groups in total. The third-order valence-electron chi connectivity index (χ3n) is 2.98. The number of carbonyl (C=O) groups excluding carboxylic acids is 1. The maximum absolute atomic E-state index is 11.6. The van der Waals surface area contributed by atoms with Crippen molar-refractivity contribution in [3.05, 3.63) is 34.4 Å². The summed E-state index contributed by atoms with van der Waals surface area (Å²) in [5.41, 5.74) is -0.0211. The number of carbonyl (C=O) groups is 1. The van der Waals surface area contributed by atoms with E-state index in [2.05, 4.69) is 0 Å². The van der Waals surface area contributed by atoms with Gasteiger partial charge in [-0.2, -0.15) is 0 Å². The summed E-state index contributed by atoms with van der Waals surface area (Å²) < 4.78 is 5.25. The van der Waals surface area contributed by atoms with Gasteiger partial charge in [0, 0.05) is 37.7 Å². The van der Waals surface area contributed by atoms with Crippen molar-refractivity contribution in [2.24, 2.45) is 5.92 Å². The van der Waals surface area contributed by atoms with Crippen LogP contribution in [-0.2, 0) is 4.79 Å². The van der Waals surface area contributed by atoms with Crippen LogP contribution in [0.4, 0.5) is 5.69 Å². The van der Waals surface area contributed by atoms with Gasteiger partial charge in [0.1, 0.15) is 5.75 Å². The van der Waals surface area contributed by atoms with Crippen LogP contribution in [0.3, 0.4) is 0 Å². The number of nitro groups is 1. The number of hydrogen-bond acceptors (Lipinski definition) is 5. The number of rotatable bonds is 5. The Morgan fingerprint density at radius 1 is 1.42 bits per heavy atom.